The number of carbonyl (C=O) groups is 1. The maximum atomic E-state index is 10.9. The van der Waals surface area contributed by atoms with Crippen LogP contribution in [0.4, 0.5) is 5.69 Å². The predicted octanol–water partition coefficient (Wildman–Crippen LogP) is 1.75. The van der Waals surface area contributed by atoms with E-state index in [1.54, 1.807) is 0 Å². The van der Waals surface area contributed by atoms with E-state index in [9.17, 15) is 4.79 Å². The molecule has 1 aliphatic rings. The van der Waals surface area contributed by atoms with Gasteiger partial charge in [-0.05, 0) is 24.5 Å². The highest BCUT2D eigenvalue weighted by Gasteiger charge is 2.21. The first-order chi connectivity index (χ1) is 6.77. The number of anilines is 1. The topological polar surface area (TPSA) is 49.3 Å². The van der Waals surface area contributed by atoms with Crippen molar-refractivity contribution in [2.75, 3.05) is 11.9 Å². The van der Waals surface area contributed by atoms with Crippen LogP contribution in [0.25, 0.3) is 0 Å². The van der Waals surface area contributed by atoms with Crippen LogP contribution < -0.4 is 5.32 Å². The van der Waals surface area contributed by atoms with Crippen molar-refractivity contribution in [2.45, 2.75) is 12.8 Å². The summed E-state index contributed by atoms with van der Waals surface area (Å²) in [5.74, 6) is -0.936. The van der Waals surface area contributed by atoms with Gasteiger partial charge >= 0.3 is 5.97 Å². The molecule has 0 aromatic heterocycles. The van der Waals surface area contributed by atoms with Gasteiger partial charge in [-0.25, -0.2) is 0 Å². The second-order valence-electron chi connectivity index (χ2n) is 3.61. The molecule has 0 amide bonds. The molecule has 0 spiro atoms. The minimum atomic E-state index is -0.691. The lowest BCUT2D eigenvalue weighted by molar-refractivity contribution is -0.141. The molecule has 3 heteroatoms. The van der Waals surface area contributed by atoms with Crippen LogP contribution in [0.5, 0.6) is 0 Å². The summed E-state index contributed by atoms with van der Waals surface area (Å²) < 4.78 is 0. The summed E-state index contributed by atoms with van der Waals surface area (Å²) in [6.45, 7) is 0.744. The SMILES string of the molecule is O=C(O)C1CCNc2ccccc2C1. The van der Waals surface area contributed by atoms with Crippen molar-refractivity contribution in [3.63, 3.8) is 0 Å². The smallest absolute Gasteiger partial charge is 0.306 e. The van der Waals surface area contributed by atoms with Crippen molar-refractivity contribution in [1.82, 2.24) is 0 Å². The number of aliphatic carboxylic acids is 1. The zero-order valence-corrected chi connectivity index (χ0v) is 7.86. The Morgan fingerprint density at radius 3 is 3.00 bits per heavy atom. The van der Waals surface area contributed by atoms with Gasteiger partial charge < -0.3 is 10.4 Å². The highest BCUT2D eigenvalue weighted by Crippen LogP contribution is 2.24. The van der Waals surface area contributed by atoms with E-state index in [0.29, 0.717) is 12.8 Å². The summed E-state index contributed by atoms with van der Waals surface area (Å²) in [4.78, 5) is 10.9. The molecule has 2 rings (SSSR count). The van der Waals surface area contributed by atoms with Gasteiger partial charge in [0.1, 0.15) is 0 Å². The number of hydrogen-bond acceptors (Lipinski definition) is 2. The van der Waals surface area contributed by atoms with Gasteiger partial charge in [0.15, 0.2) is 0 Å². The molecule has 0 saturated heterocycles. The molecule has 1 atom stereocenters. The number of rotatable bonds is 1. The molecule has 2 N–H and O–H groups in total. The Morgan fingerprint density at radius 2 is 2.21 bits per heavy atom. The Balaban J connectivity index is 2.26. The van der Waals surface area contributed by atoms with E-state index in [1.807, 2.05) is 24.3 Å². The first-order valence-electron chi connectivity index (χ1n) is 4.82. The van der Waals surface area contributed by atoms with E-state index in [1.165, 1.54) is 0 Å². The van der Waals surface area contributed by atoms with Gasteiger partial charge in [0.2, 0.25) is 0 Å². The number of nitrogens with one attached hydrogen (secondary N) is 1. The molecule has 1 aromatic rings. The molecule has 1 aromatic carbocycles. The van der Waals surface area contributed by atoms with Gasteiger partial charge in [0.05, 0.1) is 5.92 Å². The van der Waals surface area contributed by atoms with Crippen LogP contribution in [-0.4, -0.2) is 17.6 Å². The zero-order chi connectivity index (χ0) is 9.97. The highest BCUT2D eigenvalue weighted by molar-refractivity contribution is 5.71. The molecule has 74 valence electrons. The lowest BCUT2D eigenvalue weighted by Crippen LogP contribution is -2.16. The minimum absolute atomic E-state index is 0.244. The number of benzene rings is 1. The van der Waals surface area contributed by atoms with Crippen molar-refractivity contribution in [2.24, 2.45) is 5.92 Å². The van der Waals surface area contributed by atoms with Crippen LogP contribution in [0.15, 0.2) is 24.3 Å². The van der Waals surface area contributed by atoms with Crippen LogP contribution in [-0.2, 0) is 11.2 Å². The van der Waals surface area contributed by atoms with Crippen molar-refractivity contribution in [1.29, 1.82) is 0 Å². The molecule has 0 radical (unpaired) electrons. The molecular formula is C11H13NO2. The lowest BCUT2D eigenvalue weighted by Gasteiger charge is -2.07. The van der Waals surface area contributed by atoms with E-state index in [2.05, 4.69) is 5.32 Å². The predicted molar refractivity (Wildman–Crippen MR) is 54.4 cm³/mol. The Bertz CT molecular complexity index is 349. The quantitative estimate of drug-likeness (QED) is 0.711. The van der Waals surface area contributed by atoms with Gasteiger partial charge in [-0.3, -0.25) is 4.79 Å². The maximum absolute atomic E-state index is 10.9. The van der Waals surface area contributed by atoms with Gasteiger partial charge in [0.25, 0.3) is 0 Å². The van der Waals surface area contributed by atoms with Crippen LogP contribution in [0.2, 0.25) is 0 Å². The van der Waals surface area contributed by atoms with Gasteiger partial charge in [-0.2, -0.15) is 0 Å². The van der Waals surface area contributed by atoms with E-state index in [-0.39, 0.29) is 5.92 Å². The summed E-state index contributed by atoms with van der Waals surface area (Å²) >= 11 is 0. The first kappa shape index (κ1) is 9.06. The molecular weight excluding hydrogens is 178 g/mol. The Morgan fingerprint density at radius 1 is 1.43 bits per heavy atom. The van der Waals surface area contributed by atoms with Crippen LogP contribution >= 0.6 is 0 Å². The number of fused-ring (bicyclic) bond motifs is 1. The summed E-state index contributed by atoms with van der Waals surface area (Å²) in [6.07, 6.45) is 1.34. The van der Waals surface area contributed by atoms with Gasteiger partial charge in [-0.1, -0.05) is 18.2 Å². The second-order valence-corrected chi connectivity index (χ2v) is 3.61. The summed E-state index contributed by atoms with van der Waals surface area (Å²) in [7, 11) is 0. The summed E-state index contributed by atoms with van der Waals surface area (Å²) in [5, 5.41) is 12.2. The van der Waals surface area contributed by atoms with Crippen LogP contribution in [0.1, 0.15) is 12.0 Å². The normalized spacial score (nSPS) is 20.4. The van der Waals surface area contributed by atoms with E-state index < -0.39 is 5.97 Å². The fourth-order valence-electron chi connectivity index (χ4n) is 1.83. The molecule has 1 unspecified atom stereocenters. The Hall–Kier alpha value is -1.51. The second kappa shape index (κ2) is 3.70. The van der Waals surface area contributed by atoms with Crippen molar-refractivity contribution in [3.8, 4) is 0 Å². The first-order valence-corrected chi connectivity index (χ1v) is 4.82. The summed E-state index contributed by atoms with van der Waals surface area (Å²) in [5.41, 5.74) is 2.19. The minimum Gasteiger partial charge on any atom is -0.481 e. The molecule has 0 aliphatic carbocycles. The molecule has 1 heterocycles. The molecule has 0 fully saturated rings. The monoisotopic (exact) mass is 191 g/mol. The molecule has 0 bridgehead atoms. The molecule has 1 aliphatic heterocycles. The molecule has 3 nitrogen and oxygen atoms in total. The fourth-order valence-corrected chi connectivity index (χ4v) is 1.83. The molecule has 0 saturated carbocycles. The Labute approximate surface area is 82.8 Å². The van der Waals surface area contributed by atoms with E-state index >= 15 is 0 Å². The third-order valence-electron chi connectivity index (χ3n) is 2.64. The highest BCUT2D eigenvalue weighted by atomic mass is 16.4. The standard InChI is InChI=1S/C11H13NO2/c13-11(14)9-5-6-12-10-4-2-1-3-8(10)7-9/h1-4,9,12H,5-7H2,(H,13,14). The number of para-hydroxylation sites is 1. The van der Waals surface area contributed by atoms with Crippen molar-refractivity contribution >= 4 is 11.7 Å². The number of carboxylic acid groups (broad SMARTS) is 1. The Kier molecular flexibility index (Phi) is 2.39. The van der Waals surface area contributed by atoms with E-state index in [4.69, 9.17) is 5.11 Å². The largest absolute Gasteiger partial charge is 0.481 e. The number of hydrogen-bond donors (Lipinski definition) is 2. The maximum Gasteiger partial charge on any atom is 0.306 e. The fraction of sp³-hybridized carbons (Fsp3) is 0.364. The van der Waals surface area contributed by atoms with Crippen LogP contribution in [0, 0.1) is 5.92 Å². The average molecular weight is 191 g/mol. The van der Waals surface area contributed by atoms with Gasteiger partial charge in [0, 0.05) is 12.2 Å². The number of carboxylic acids is 1. The third kappa shape index (κ3) is 1.71. The lowest BCUT2D eigenvalue weighted by atomic mass is 9.97. The molecule has 14 heavy (non-hydrogen) atoms. The van der Waals surface area contributed by atoms with Crippen molar-refractivity contribution < 1.29 is 9.90 Å². The summed E-state index contributed by atoms with van der Waals surface area (Å²) in [6, 6.07) is 7.90. The van der Waals surface area contributed by atoms with Gasteiger partial charge in [-0.15, -0.1) is 0 Å². The average Bonchev–Trinajstić information content (AvgIpc) is 2.39. The third-order valence-corrected chi connectivity index (χ3v) is 2.64. The zero-order valence-electron chi connectivity index (χ0n) is 7.86. The van der Waals surface area contributed by atoms with Crippen molar-refractivity contribution in [3.05, 3.63) is 29.8 Å². The van der Waals surface area contributed by atoms with E-state index in [0.717, 1.165) is 17.8 Å². The van der Waals surface area contributed by atoms with Crippen LogP contribution in [0.3, 0.4) is 0 Å².